The summed E-state index contributed by atoms with van der Waals surface area (Å²) >= 11 is 0. The largest absolute Gasteiger partial charge is 0.490 e. The molecule has 0 N–H and O–H groups in total. The minimum absolute atomic E-state index is 0.0751. The van der Waals surface area contributed by atoms with E-state index in [4.69, 9.17) is 14.2 Å². The zero-order valence-corrected chi connectivity index (χ0v) is 17.7. The number of para-hydroxylation sites is 1. The molecule has 0 heterocycles. The van der Waals surface area contributed by atoms with Gasteiger partial charge in [-0.2, -0.15) is 0 Å². The van der Waals surface area contributed by atoms with Crippen molar-refractivity contribution in [3.05, 3.63) is 95.6 Å². The van der Waals surface area contributed by atoms with E-state index in [0.717, 1.165) is 12.8 Å². The van der Waals surface area contributed by atoms with Gasteiger partial charge in [0.15, 0.2) is 0 Å². The summed E-state index contributed by atoms with van der Waals surface area (Å²) in [5.74, 6) is -0.279. The van der Waals surface area contributed by atoms with Crippen LogP contribution in [-0.2, 0) is 11.2 Å². The molecule has 0 atom stereocenters. The molecule has 0 bridgehead atoms. The van der Waals surface area contributed by atoms with E-state index in [-0.39, 0.29) is 11.9 Å². The highest BCUT2D eigenvalue weighted by molar-refractivity contribution is 5.94. The maximum Gasteiger partial charge on any atom is 0.347 e. The number of hydrogen-bond donors (Lipinski definition) is 0. The Labute approximate surface area is 182 Å². The Morgan fingerprint density at radius 2 is 1.58 bits per heavy atom. The van der Waals surface area contributed by atoms with E-state index in [1.807, 2.05) is 44.2 Å². The molecule has 5 heteroatoms. The summed E-state index contributed by atoms with van der Waals surface area (Å²) in [6, 6.07) is 23.3. The lowest BCUT2D eigenvalue weighted by molar-refractivity contribution is 0.0498. The fourth-order valence-electron chi connectivity index (χ4n) is 3.01. The molecule has 0 unspecified atom stereocenters. The van der Waals surface area contributed by atoms with Crippen LogP contribution in [0.3, 0.4) is 0 Å². The van der Waals surface area contributed by atoms with Crippen molar-refractivity contribution in [2.75, 3.05) is 6.61 Å². The van der Waals surface area contributed by atoms with Crippen molar-refractivity contribution in [2.45, 2.75) is 32.8 Å². The fourth-order valence-corrected chi connectivity index (χ4v) is 3.01. The molecule has 3 aromatic carbocycles. The summed E-state index contributed by atoms with van der Waals surface area (Å²) < 4.78 is 16.5. The molecule has 0 spiro atoms. The molecular formula is C26H26O5. The van der Waals surface area contributed by atoms with Crippen molar-refractivity contribution in [3.8, 4) is 11.5 Å². The van der Waals surface area contributed by atoms with Gasteiger partial charge in [-0.15, -0.1) is 0 Å². The first-order valence-electron chi connectivity index (χ1n) is 10.3. The van der Waals surface area contributed by atoms with Crippen molar-refractivity contribution < 1.29 is 23.8 Å². The van der Waals surface area contributed by atoms with Crippen molar-refractivity contribution in [1.82, 2.24) is 0 Å². The van der Waals surface area contributed by atoms with Crippen molar-refractivity contribution in [3.63, 3.8) is 0 Å². The third-order valence-electron chi connectivity index (χ3n) is 4.44. The highest BCUT2D eigenvalue weighted by Gasteiger charge is 2.16. The predicted molar refractivity (Wildman–Crippen MR) is 119 cm³/mol. The molecule has 0 saturated carbocycles. The molecule has 160 valence electrons. The maximum absolute atomic E-state index is 12.6. The van der Waals surface area contributed by atoms with Crippen LogP contribution in [0.1, 0.15) is 46.5 Å². The molecule has 5 nitrogen and oxygen atoms in total. The van der Waals surface area contributed by atoms with E-state index in [1.54, 1.807) is 42.5 Å². The second-order valence-corrected chi connectivity index (χ2v) is 7.31. The standard InChI is InChI=1S/C26H26O5/c1-19(2)30-24-16-7-6-15-23(24)26(28)31-22-14-8-13-21(18-22)25(27)29-17-9-12-20-10-4-3-5-11-20/h3-8,10-11,13-16,18-19H,9,12,17H2,1-2H3. The Balaban J connectivity index is 1.57. The van der Waals surface area contributed by atoms with Gasteiger partial charge in [0, 0.05) is 0 Å². The molecule has 31 heavy (non-hydrogen) atoms. The number of aryl methyl sites for hydroxylation is 1. The van der Waals surface area contributed by atoms with E-state index in [9.17, 15) is 9.59 Å². The van der Waals surface area contributed by atoms with Gasteiger partial charge in [0.05, 0.1) is 18.3 Å². The highest BCUT2D eigenvalue weighted by atomic mass is 16.5. The number of carbonyl (C=O) groups is 2. The fraction of sp³-hybridized carbons (Fsp3) is 0.231. The maximum atomic E-state index is 12.6. The number of esters is 2. The first kappa shape index (κ1) is 22.1. The quantitative estimate of drug-likeness (QED) is 0.261. The minimum Gasteiger partial charge on any atom is -0.490 e. The van der Waals surface area contributed by atoms with Crippen LogP contribution in [0, 0.1) is 0 Å². The van der Waals surface area contributed by atoms with Gasteiger partial charge in [0.25, 0.3) is 0 Å². The Kier molecular flexibility index (Phi) is 7.82. The Morgan fingerprint density at radius 1 is 0.839 bits per heavy atom. The summed E-state index contributed by atoms with van der Waals surface area (Å²) in [6.07, 6.45) is 1.50. The average molecular weight is 418 g/mol. The van der Waals surface area contributed by atoms with Gasteiger partial charge in [0.2, 0.25) is 0 Å². The van der Waals surface area contributed by atoms with Gasteiger partial charge in [-0.3, -0.25) is 0 Å². The Bertz CT molecular complexity index is 1010. The number of benzene rings is 3. The molecule has 0 aromatic heterocycles. The summed E-state index contributed by atoms with van der Waals surface area (Å²) in [7, 11) is 0. The molecule has 0 amide bonds. The van der Waals surface area contributed by atoms with Crippen LogP contribution in [0.25, 0.3) is 0 Å². The van der Waals surface area contributed by atoms with Crippen molar-refractivity contribution in [2.24, 2.45) is 0 Å². The van der Waals surface area contributed by atoms with E-state index in [2.05, 4.69) is 0 Å². The van der Waals surface area contributed by atoms with Gasteiger partial charge >= 0.3 is 11.9 Å². The minimum atomic E-state index is -0.551. The van der Waals surface area contributed by atoms with Gasteiger partial charge in [0.1, 0.15) is 17.1 Å². The van der Waals surface area contributed by atoms with Crippen LogP contribution in [0.15, 0.2) is 78.9 Å². The summed E-state index contributed by atoms with van der Waals surface area (Å²) in [5, 5.41) is 0. The SMILES string of the molecule is CC(C)Oc1ccccc1C(=O)Oc1cccc(C(=O)OCCCc2ccccc2)c1. The van der Waals surface area contributed by atoms with Gasteiger partial charge in [-0.25, -0.2) is 9.59 Å². The van der Waals surface area contributed by atoms with Gasteiger partial charge < -0.3 is 14.2 Å². The second-order valence-electron chi connectivity index (χ2n) is 7.31. The molecule has 0 radical (unpaired) electrons. The normalized spacial score (nSPS) is 10.5. The van der Waals surface area contributed by atoms with Crippen molar-refractivity contribution in [1.29, 1.82) is 0 Å². The summed E-state index contributed by atoms with van der Waals surface area (Å²) in [6.45, 7) is 4.09. The summed E-state index contributed by atoms with van der Waals surface area (Å²) in [5.41, 5.74) is 1.86. The number of ether oxygens (including phenoxy) is 3. The molecule has 0 aliphatic heterocycles. The number of carbonyl (C=O) groups excluding carboxylic acids is 2. The van der Waals surface area contributed by atoms with E-state index >= 15 is 0 Å². The monoisotopic (exact) mass is 418 g/mol. The van der Waals surface area contributed by atoms with Crippen LogP contribution >= 0.6 is 0 Å². The highest BCUT2D eigenvalue weighted by Crippen LogP contribution is 2.22. The van der Waals surface area contributed by atoms with E-state index < -0.39 is 11.9 Å². The number of rotatable bonds is 9. The third-order valence-corrected chi connectivity index (χ3v) is 4.44. The number of hydrogen-bond acceptors (Lipinski definition) is 5. The predicted octanol–water partition coefficient (Wildman–Crippen LogP) is 5.48. The topological polar surface area (TPSA) is 61.8 Å². The van der Waals surface area contributed by atoms with Crippen LogP contribution in [-0.4, -0.2) is 24.6 Å². The van der Waals surface area contributed by atoms with Crippen LogP contribution in [0.2, 0.25) is 0 Å². The van der Waals surface area contributed by atoms with Crippen molar-refractivity contribution >= 4 is 11.9 Å². The zero-order chi connectivity index (χ0) is 22.1. The Morgan fingerprint density at radius 3 is 2.35 bits per heavy atom. The molecule has 3 aromatic rings. The molecule has 0 fully saturated rings. The second kappa shape index (κ2) is 11.0. The zero-order valence-electron chi connectivity index (χ0n) is 17.7. The van der Waals surface area contributed by atoms with Crippen LogP contribution in [0.4, 0.5) is 0 Å². The van der Waals surface area contributed by atoms with Crippen LogP contribution in [0.5, 0.6) is 11.5 Å². The third kappa shape index (κ3) is 6.71. The smallest absolute Gasteiger partial charge is 0.347 e. The molecular weight excluding hydrogens is 392 g/mol. The van der Waals surface area contributed by atoms with Gasteiger partial charge in [-0.1, -0.05) is 48.5 Å². The molecule has 3 rings (SSSR count). The van der Waals surface area contributed by atoms with E-state index in [1.165, 1.54) is 11.6 Å². The van der Waals surface area contributed by atoms with Crippen LogP contribution < -0.4 is 9.47 Å². The summed E-state index contributed by atoms with van der Waals surface area (Å²) in [4.78, 5) is 25.0. The molecule has 0 saturated heterocycles. The first-order chi connectivity index (χ1) is 15.0. The first-order valence-corrected chi connectivity index (χ1v) is 10.3. The Hall–Kier alpha value is -3.60. The lowest BCUT2D eigenvalue weighted by Gasteiger charge is -2.13. The lowest BCUT2D eigenvalue weighted by Crippen LogP contribution is -2.14. The molecule has 0 aliphatic rings. The lowest BCUT2D eigenvalue weighted by atomic mass is 10.1. The van der Waals surface area contributed by atoms with E-state index in [0.29, 0.717) is 23.5 Å². The average Bonchev–Trinajstić information content (AvgIpc) is 2.77. The van der Waals surface area contributed by atoms with Gasteiger partial charge in [-0.05, 0) is 62.6 Å². The molecule has 0 aliphatic carbocycles.